The lowest BCUT2D eigenvalue weighted by Crippen LogP contribution is -2.34. The topological polar surface area (TPSA) is 29.1 Å². The standard InChI is InChI=1S/C14H17NO/c1-3-8-13(15-14(16)4-2)11-12-9-6-5-7-10-12/h3-7,9-10,13H,1-2,8,11H2,(H,15,16)/t13-/m0/s1. The molecule has 2 nitrogen and oxygen atoms in total. The van der Waals surface area contributed by atoms with E-state index in [0.717, 1.165) is 12.8 Å². The molecule has 16 heavy (non-hydrogen) atoms. The van der Waals surface area contributed by atoms with E-state index in [2.05, 4.69) is 30.6 Å². The molecule has 0 spiro atoms. The summed E-state index contributed by atoms with van der Waals surface area (Å²) in [5.74, 6) is -0.136. The Hall–Kier alpha value is -1.83. The quantitative estimate of drug-likeness (QED) is 0.573. The molecule has 1 amide bonds. The zero-order chi connectivity index (χ0) is 11.8. The number of rotatable bonds is 6. The lowest BCUT2D eigenvalue weighted by atomic mass is 10.0. The molecule has 0 aliphatic heterocycles. The second kappa shape index (κ2) is 6.62. The highest BCUT2D eigenvalue weighted by Crippen LogP contribution is 2.06. The largest absolute Gasteiger partial charge is 0.349 e. The first-order valence-electron chi connectivity index (χ1n) is 5.34. The van der Waals surface area contributed by atoms with Crippen LogP contribution in [0.4, 0.5) is 0 Å². The average molecular weight is 215 g/mol. The number of hydrogen-bond donors (Lipinski definition) is 1. The molecule has 1 N–H and O–H groups in total. The molecule has 0 fully saturated rings. The highest BCUT2D eigenvalue weighted by molar-refractivity contribution is 5.87. The normalized spacial score (nSPS) is 11.5. The van der Waals surface area contributed by atoms with Gasteiger partial charge >= 0.3 is 0 Å². The van der Waals surface area contributed by atoms with Crippen LogP contribution in [0.15, 0.2) is 55.6 Å². The molecule has 1 atom stereocenters. The summed E-state index contributed by atoms with van der Waals surface area (Å²) in [4.78, 5) is 11.2. The Kier molecular flexibility index (Phi) is 5.06. The minimum Gasteiger partial charge on any atom is -0.349 e. The van der Waals surface area contributed by atoms with E-state index in [1.807, 2.05) is 24.3 Å². The van der Waals surface area contributed by atoms with Gasteiger partial charge in [0.2, 0.25) is 5.91 Å². The first-order valence-corrected chi connectivity index (χ1v) is 5.34. The van der Waals surface area contributed by atoms with Crippen molar-refractivity contribution in [1.29, 1.82) is 0 Å². The van der Waals surface area contributed by atoms with Gasteiger partial charge in [-0.3, -0.25) is 4.79 Å². The van der Waals surface area contributed by atoms with Crippen LogP contribution in [0.2, 0.25) is 0 Å². The second-order valence-corrected chi connectivity index (χ2v) is 3.62. The van der Waals surface area contributed by atoms with Gasteiger partial charge in [0.25, 0.3) is 0 Å². The third kappa shape index (κ3) is 4.13. The van der Waals surface area contributed by atoms with Crippen molar-refractivity contribution in [3.8, 4) is 0 Å². The number of benzene rings is 1. The third-order valence-electron chi connectivity index (χ3n) is 2.31. The van der Waals surface area contributed by atoms with Crippen molar-refractivity contribution < 1.29 is 4.79 Å². The Morgan fingerprint density at radius 3 is 2.56 bits per heavy atom. The Balaban J connectivity index is 2.60. The van der Waals surface area contributed by atoms with Gasteiger partial charge in [-0.2, -0.15) is 0 Å². The first kappa shape index (κ1) is 12.2. The second-order valence-electron chi connectivity index (χ2n) is 3.62. The number of nitrogens with one attached hydrogen (secondary N) is 1. The molecular formula is C14H17NO. The highest BCUT2D eigenvalue weighted by Gasteiger charge is 2.09. The molecule has 84 valence electrons. The third-order valence-corrected chi connectivity index (χ3v) is 2.31. The lowest BCUT2D eigenvalue weighted by molar-refractivity contribution is -0.117. The maximum absolute atomic E-state index is 11.2. The van der Waals surface area contributed by atoms with Crippen LogP contribution in [0.25, 0.3) is 0 Å². The Morgan fingerprint density at radius 2 is 2.00 bits per heavy atom. The van der Waals surface area contributed by atoms with Gasteiger partial charge in [0.1, 0.15) is 0 Å². The maximum atomic E-state index is 11.2. The van der Waals surface area contributed by atoms with Crippen molar-refractivity contribution in [3.05, 3.63) is 61.2 Å². The molecule has 0 saturated carbocycles. The van der Waals surface area contributed by atoms with Crippen molar-refractivity contribution in [2.24, 2.45) is 0 Å². The van der Waals surface area contributed by atoms with Gasteiger partial charge in [0.15, 0.2) is 0 Å². The maximum Gasteiger partial charge on any atom is 0.243 e. The molecule has 0 radical (unpaired) electrons. The number of amides is 1. The van der Waals surface area contributed by atoms with E-state index in [4.69, 9.17) is 0 Å². The molecular weight excluding hydrogens is 198 g/mol. The number of carbonyl (C=O) groups is 1. The Labute approximate surface area is 96.7 Å². The summed E-state index contributed by atoms with van der Waals surface area (Å²) in [5.41, 5.74) is 1.21. The van der Waals surface area contributed by atoms with Crippen LogP contribution in [0.1, 0.15) is 12.0 Å². The molecule has 1 aromatic rings. The van der Waals surface area contributed by atoms with Gasteiger partial charge < -0.3 is 5.32 Å². The summed E-state index contributed by atoms with van der Waals surface area (Å²) in [6, 6.07) is 10.2. The van der Waals surface area contributed by atoms with E-state index in [0.29, 0.717) is 0 Å². The molecule has 0 saturated heterocycles. The molecule has 0 heterocycles. The van der Waals surface area contributed by atoms with Crippen molar-refractivity contribution in [2.45, 2.75) is 18.9 Å². The number of hydrogen-bond acceptors (Lipinski definition) is 1. The molecule has 0 aliphatic rings. The fourth-order valence-corrected chi connectivity index (χ4v) is 1.55. The molecule has 1 rings (SSSR count). The summed E-state index contributed by atoms with van der Waals surface area (Å²) in [7, 11) is 0. The van der Waals surface area contributed by atoms with E-state index in [1.54, 1.807) is 0 Å². The van der Waals surface area contributed by atoms with E-state index >= 15 is 0 Å². The molecule has 0 aromatic heterocycles. The minimum absolute atomic E-state index is 0.0883. The molecule has 2 heteroatoms. The zero-order valence-electron chi connectivity index (χ0n) is 9.36. The smallest absolute Gasteiger partial charge is 0.243 e. The summed E-state index contributed by atoms with van der Waals surface area (Å²) < 4.78 is 0. The van der Waals surface area contributed by atoms with Gasteiger partial charge in [-0.15, -0.1) is 6.58 Å². The van der Waals surface area contributed by atoms with E-state index in [-0.39, 0.29) is 11.9 Å². The van der Waals surface area contributed by atoms with Crippen molar-refractivity contribution in [2.75, 3.05) is 0 Å². The van der Waals surface area contributed by atoms with Crippen LogP contribution < -0.4 is 5.32 Å². The van der Waals surface area contributed by atoms with Gasteiger partial charge in [-0.1, -0.05) is 43.0 Å². The van der Waals surface area contributed by atoms with E-state index in [1.165, 1.54) is 11.6 Å². The van der Waals surface area contributed by atoms with Gasteiger partial charge in [-0.05, 0) is 24.5 Å². The predicted molar refractivity (Wildman–Crippen MR) is 67.1 cm³/mol. The van der Waals surface area contributed by atoms with E-state index in [9.17, 15) is 4.79 Å². The first-order chi connectivity index (χ1) is 7.76. The minimum atomic E-state index is -0.136. The van der Waals surface area contributed by atoms with Crippen LogP contribution in [0.5, 0.6) is 0 Å². The van der Waals surface area contributed by atoms with Crippen molar-refractivity contribution in [3.63, 3.8) is 0 Å². The van der Waals surface area contributed by atoms with Gasteiger partial charge in [0.05, 0.1) is 0 Å². The van der Waals surface area contributed by atoms with Crippen LogP contribution in [0, 0.1) is 0 Å². The molecule has 1 aromatic carbocycles. The van der Waals surface area contributed by atoms with E-state index < -0.39 is 0 Å². The fraction of sp³-hybridized carbons (Fsp3) is 0.214. The summed E-state index contributed by atoms with van der Waals surface area (Å²) in [5, 5.41) is 2.89. The molecule has 0 aliphatic carbocycles. The van der Waals surface area contributed by atoms with Crippen LogP contribution in [0.3, 0.4) is 0 Å². The lowest BCUT2D eigenvalue weighted by Gasteiger charge is -2.16. The zero-order valence-corrected chi connectivity index (χ0v) is 9.36. The predicted octanol–water partition coefficient (Wildman–Crippen LogP) is 2.48. The number of carbonyl (C=O) groups excluding carboxylic acids is 1. The van der Waals surface area contributed by atoms with Crippen molar-refractivity contribution >= 4 is 5.91 Å². The van der Waals surface area contributed by atoms with Crippen LogP contribution in [-0.4, -0.2) is 11.9 Å². The Bertz CT molecular complexity index is 356. The fourth-order valence-electron chi connectivity index (χ4n) is 1.55. The summed E-state index contributed by atoms with van der Waals surface area (Å²) in [6.07, 6.45) is 4.68. The highest BCUT2D eigenvalue weighted by atomic mass is 16.1. The molecule has 0 bridgehead atoms. The summed E-state index contributed by atoms with van der Waals surface area (Å²) in [6.45, 7) is 7.14. The van der Waals surface area contributed by atoms with Gasteiger partial charge in [-0.25, -0.2) is 0 Å². The van der Waals surface area contributed by atoms with Gasteiger partial charge in [0, 0.05) is 6.04 Å². The van der Waals surface area contributed by atoms with Crippen LogP contribution in [-0.2, 0) is 11.2 Å². The summed E-state index contributed by atoms with van der Waals surface area (Å²) >= 11 is 0. The Morgan fingerprint density at radius 1 is 1.31 bits per heavy atom. The SMILES string of the molecule is C=CC[C@@H](Cc1ccccc1)NC(=O)C=C. The monoisotopic (exact) mass is 215 g/mol. The average Bonchev–Trinajstić information content (AvgIpc) is 2.30. The van der Waals surface area contributed by atoms with Crippen LogP contribution >= 0.6 is 0 Å². The van der Waals surface area contributed by atoms with Crippen molar-refractivity contribution in [1.82, 2.24) is 5.32 Å². The molecule has 0 unspecified atom stereocenters.